The molecule has 60 valence electrons. The topological polar surface area (TPSA) is 32.3 Å². The molecule has 3 atom stereocenters. The van der Waals surface area contributed by atoms with Gasteiger partial charge in [-0.15, -0.1) is 0 Å². The Hall–Kier alpha value is -0.0800. The molecule has 0 unspecified atom stereocenters. The molecule has 0 amide bonds. The number of hydrogen-bond acceptors (Lipinski definition) is 2. The minimum absolute atomic E-state index is 0.126. The van der Waals surface area contributed by atoms with E-state index in [2.05, 4.69) is 19.2 Å². The maximum atomic E-state index is 9.42. The number of piperidine rings is 1. The summed E-state index contributed by atoms with van der Waals surface area (Å²) in [4.78, 5) is 0. The molecule has 2 heteroatoms. The van der Waals surface area contributed by atoms with Crippen molar-refractivity contribution in [2.75, 3.05) is 13.1 Å². The summed E-state index contributed by atoms with van der Waals surface area (Å²) in [5.41, 5.74) is 0. The van der Waals surface area contributed by atoms with Crippen molar-refractivity contribution < 1.29 is 5.11 Å². The molecule has 1 aliphatic rings. The molecule has 2 nitrogen and oxygen atoms in total. The maximum Gasteiger partial charge on any atom is 0.0693 e. The molecule has 1 aliphatic heterocycles. The van der Waals surface area contributed by atoms with Gasteiger partial charge in [-0.1, -0.05) is 20.3 Å². The lowest BCUT2D eigenvalue weighted by Crippen LogP contribution is -2.45. The van der Waals surface area contributed by atoms with Crippen LogP contribution in [0.15, 0.2) is 0 Å². The average molecular weight is 143 g/mol. The first-order valence-electron chi connectivity index (χ1n) is 4.14. The largest absolute Gasteiger partial charge is 0.392 e. The van der Waals surface area contributed by atoms with Gasteiger partial charge in [-0.2, -0.15) is 0 Å². The molecule has 0 bridgehead atoms. The Morgan fingerprint density at radius 3 is 2.70 bits per heavy atom. The van der Waals surface area contributed by atoms with Crippen molar-refractivity contribution in [2.45, 2.75) is 26.4 Å². The smallest absolute Gasteiger partial charge is 0.0693 e. The summed E-state index contributed by atoms with van der Waals surface area (Å²) in [6.07, 6.45) is 1.05. The monoisotopic (exact) mass is 143 g/mol. The Labute approximate surface area is 62.6 Å². The fourth-order valence-corrected chi connectivity index (χ4v) is 1.62. The van der Waals surface area contributed by atoms with Crippen LogP contribution in [-0.2, 0) is 0 Å². The molecule has 0 spiro atoms. The van der Waals surface area contributed by atoms with E-state index in [0.29, 0.717) is 11.8 Å². The molecule has 0 aromatic heterocycles. The summed E-state index contributed by atoms with van der Waals surface area (Å²) in [7, 11) is 0. The minimum Gasteiger partial charge on any atom is -0.392 e. The molecular weight excluding hydrogens is 126 g/mol. The molecule has 1 rings (SSSR count). The first kappa shape index (κ1) is 8.02. The molecule has 0 radical (unpaired) electrons. The van der Waals surface area contributed by atoms with Gasteiger partial charge in [0.1, 0.15) is 0 Å². The lowest BCUT2D eigenvalue weighted by atomic mass is 9.84. The summed E-state index contributed by atoms with van der Waals surface area (Å²) in [5, 5.41) is 12.6. The fraction of sp³-hybridized carbons (Fsp3) is 1.00. The highest BCUT2D eigenvalue weighted by molar-refractivity contribution is 4.80. The standard InChI is InChI=1S/C8H17NO/c1-3-7-4-9-5-8(10)6(7)2/h6-10H,3-5H2,1-2H3/t6-,7+,8-/m1/s1. The average Bonchev–Trinajstić information content (AvgIpc) is 1.95. The number of aliphatic hydroxyl groups is 1. The molecule has 1 fully saturated rings. The van der Waals surface area contributed by atoms with E-state index >= 15 is 0 Å². The van der Waals surface area contributed by atoms with Gasteiger partial charge in [-0.05, 0) is 18.4 Å². The molecule has 1 saturated heterocycles. The van der Waals surface area contributed by atoms with Crippen molar-refractivity contribution in [3.8, 4) is 0 Å². The van der Waals surface area contributed by atoms with Gasteiger partial charge in [0, 0.05) is 6.54 Å². The summed E-state index contributed by atoms with van der Waals surface area (Å²) < 4.78 is 0. The molecule has 1 heterocycles. The normalized spacial score (nSPS) is 41.7. The third-order valence-electron chi connectivity index (χ3n) is 2.63. The predicted octanol–water partition coefficient (Wildman–Crippen LogP) is 0.613. The molecule has 2 N–H and O–H groups in total. The van der Waals surface area contributed by atoms with E-state index in [9.17, 15) is 5.11 Å². The van der Waals surface area contributed by atoms with Crippen LogP contribution in [0.1, 0.15) is 20.3 Å². The SMILES string of the molecule is CC[C@H]1CNC[C@@H](O)[C@@H]1C. The summed E-state index contributed by atoms with van der Waals surface area (Å²) in [5.74, 6) is 1.15. The van der Waals surface area contributed by atoms with Gasteiger partial charge in [0.2, 0.25) is 0 Å². The van der Waals surface area contributed by atoms with Gasteiger partial charge in [0.05, 0.1) is 6.10 Å². The third kappa shape index (κ3) is 1.50. The van der Waals surface area contributed by atoms with E-state index in [-0.39, 0.29) is 6.10 Å². The van der Waals surface area contributed by atoms with Crippen LogP contribution in [-0.4, -0.2) is 24.3 Å². The quantitative estimate of drug-likeness (QED) is 0.564. The fourth-order valence-electron chi connectivity index (χ4n) is 1.62. The lowest BCUT2D eigenvalue weighted by Gasteiger charge is -2.32. The lowest BCUT2D eigenvalue weighted by molar-refractivity contribution is 0.0542. The molecule has 0 aliphatic carbocycles. The Morgan fingerprint density at radius 2 is 2.20 bits per heavy atom. The first-order valence-corrected chi connectivity index (χ1v) is 4.14. The van der Waals surface area contributed by atoms with Crippen molar-refractivity contribution in [2.24, 2.45) is 11.8 Å². The zero-order valence-corrected chi connectivity index (χ0v) is 6.80. The van der Waals surface area contributed by atoms with E-state index in [1.54, 1.807) is 0 Å². The van der Waals surface area contributed by atoms with Crippen LogP contribution in [0, 0.1) is 11.8 Å². The number of aliphatic hydroxyl groups excluding tert-OH is 1. The number of nitrogens with one attached hydrogen (secondary N) is 1. The molecule has 10 heavy (non-hydrogen) atoms. The van der Waals surface area contributed by atoms with Crippen molar-refractivity contribution >= 4 is 0 Å². The number of β-amino-alcohol motifs (C(OH)–C–C–N with tert-alkyl or cyclic N) is 1. The molecule has 0 saturated carbocycles. The number of hydrogen-bond donors (Lipinski definition) is 2. The second kappa shape index (κ2) is 3.35. The van der Waals surface area contributed by atoms with E-state index in [1.165, 1.54) is 6.42 Å². The summed E-state index contributed by atoms with van der Waals surface area (Å²) in [6, 6.07) is 0. The van der Waals surface area contributed by atoms with Crippen molar-refractivity contribution in [3.05, 3.63) is 0 Å². The highest BCUT2D eigenvalue weighted by Crippen LogP contribution is 2.21. The minimum atomic E-state index is -0.126. The second-order valence-electron chi connectivity index (χ2n) is 3.25. The van der Waals surface area contributed by atoms with E-state index in [1.807, 2.05) is 0 Å². The first-order chi connectivity index (χ1) is 4.75. The Bertz CT molecular complexity index is 105. The molecule has 0 aromatic carbocycles. The highest BCUT2D eigenvalue weighted by atomic mass is 16.3. The van der Waals surface area contributed by atoms with Crippen LogP contribution in [0.5, 0.6) is 0 Å². The van der Waals surface area contributed by atoms with Gasteiger partial charge in [-0.3, -0.25) is 0 Å². The van der Waals surface area contributed by atoms with Gasteiger partial charge in [0.15, 0.2) is 0 Å². The van der Waals surface area contributed by atoms with Crippen molar-refractivity contribution in [1.82, 2.24) is 5.32 Å². The Kier molecular flexibility index (Phi) is 2.69. The van der Waals surface area contributed by atoms with Crippen LogP contribution in [0.3, 0.4) is 0 Å². The van der Waals surface area contributed by atoms with Gasteiger partial charge >= 0.3 is 0 Å². The van der Waals surface area contributed by atoms with Gasteiger partial charge in [0.25, 0.3) is 0 Å². The highest BCUT2D eigenvalue weighted by Gasteiger charge is 2.26. The van der Waals surface area contributed by atoms with E-state index < -0.39 is 0 Å². The van der Waals surface area contributed by atoms with Gasteiger partial charge < -0.3 is 10.4 Å². The molecular formula is C8H17NO. The van der Waals surface area contributed by atoms with Crippen molar-refractivity contribution in [1.29, 1.82) is 0 Å². The van der Waals surface area contributed by atoms with Crippen LogP contribution in [0.25, 0.3) is 0 Å². The predicted molar refractivity (Wildman–Crippen MR) is 41.8 cm³/mol. The van der Waals surface area contributed by atoms with E-state index in [0.717, 1.165) is 13.1 Å². The summed E-state index contributed by atoms with van der Waals surface area (Å²) >= 11 is 0. The zero-order valence-electron chi connectivity index (χ0n) is 6.80. The van der Waals surface area contributed by atoms with Crippen molar-refractivity contribution in [3.63, 3.8) is 0 Å². The second-order valence-corrected chi connectivity index (χ2v) is 3.25. The zero-order chi connectivity index (χ0) is 7.56. The maximum absolute atomic E-state index is 9.42. The van der Waals surface area contributed by atoms with Crippen LogP contribution in [0.2, 0.25) is 0 Å². The van der Waals surface area contributed by atoms with Crippen LogP contribution >= 0.6 is 0 Å². The van der Waals surface area contributed by atoms with Crippen LogP contribution < -0.4 is 5.32 Å². The molecule has 0 aromatic rings. The third-order valence-corrected chi connectivity index (χ3v) is 2.63. The van der Waals surface area contributed by atoms with E-state index in [4.69, 9.17) is 0 Å². The summed E-state index contributed by atoms with van der Waals surface area (Å²) in [6.45, 7) is 6.17. The van der Waals surface area contributed by atoms with Gasteiger partial charge in [-0.25, -0.2) is 0 Å². The van der Waals surface area contributed by atoms with Crippen LogP contribution in [0.4, 0.5) is 0 Å². The Balaban J connectivity index is 2.42. The number of rotatable bonds is 1. The Morgan fingerprint density at radius 1 is 1.50 bits per heavy atom.